The van der Waals surface area contributed by atoms with Gasteiger partial charge in [-0.3, -0.25) is 9.59 Å². The van der Waals surface area contributed by atoms with Crippen LogP contribution in [0.3, 0.4) is 0 Å². The zero-order valence-electron chi connectivity index (χ0n) is 11.5. The Bertz CT molecular complexity index is 437. The van der Waals surface area contributed by atoms with Crippen LogP contribution < -0.4 is 0 Å². The Morgan fingerprint density at radius 1 is 1.21 bits per heavy atom. The van der Waals surface area contributed by atoms with Crippen LogP contribution in [0.4, 0.5) is 4.39 Å². The van der Waals surface area contributed by atoms with Gasteiger partial charge >= 0.3 is 5.97 Å². The van der Waals surface area contributed by atoms with Crippen molar-refractivity contribution >= 4 is 11.8 Å². The Balaban J connectivity index is 2.61. The van der Waals surface area contributed by atoms with Crippen molar-refractivity contribution in [2.24, 2.45) is 5.92 Å². The average molecular weight is 266 g/mol. The minimum absolute atomic E-state index is 0.201. The van der Waals surface area contributed by atoms with Gasteiger partial charge in [-0.2, -0.15) is 0 Å². The molecule has 0 aliphatic heterocycles. The standard InChI is InChI=1S/C15H19FO3/c1-10(2)19-15(18)14(11(3)17)9-6-12-4-7-13(16)8-5-12/h4-5,7-8,10,14H,6,9H2,1-3H3. The van der Waals surface area contributed by atoms with Crippen molar-refractivity contribution in [3.05, 3.63) is 35.6 Å². The highest BCUT2D eigenvalue weighted by molar-refractivity contribution is 5.97. The normalized spacial score (nSPS) is 12.3. The largest absolute Gasteiger partial charge is 0.462 e. The lowest BCUT2D eigenvalue weighted by Crippen LogP contribution is -2.27. The maximum Gasteiger partial charge on any atom is 0.316 e. The number of Topliss-reactive ketones (excluding diaryl/α,β-unsaturated/α-hetero) is 1. The van der Waals surface area contributed by atoms with Gasteiger partial charge in [-0.05, 0) is 51.3 Å². The molecular formula is C15H19FO3. The SMILES string of the molecule is CC(=O)C(CCc1ccc(F)cc1)C(=O)OC(C)C. The van der Waals surface area contributed by atoms with E-state index in [0.29, 0.717) is 12.8 Å². The first kappa shape index (κ1) is 15.3. The topological polar surface area (TPSA) is 43.4 Å². The third kappa shape index (κ3) is 5.20. The van der Waals surface area contributed by atoms with Gasteiger partial charge in [0, 0.05) is 0 Å². The lowest BCUT2D eigenvalue weighted by Gasteiger charge is -2.15. The van der Waals surface area contributed by atoms with Crippen molar-refractivity contribution in [1.29, 1.82) is 0 Å². The second-order valence-corrected chi connectivity index (χ2v) is 4.81. The Morgan fingerprint density at radius 3 is 2.26 bits per heavy atom. The zero-order valence-corrected chi connectivity index (χ0v) is 11.5. The van der Waals surface area contributed by atoms with Crippen molar-refractivity contribution < 1.29 is 18.7 Å². The van der Waals surface area contributed by atoms with Crippen LogP contribution >= 0.6 is 0 Å². The number of ketones is 1. The summed E-state index contributed by atoms with van der Waals surface area (Å²) in [5.74, 6) is -1.73. The van der Waals surface area contributed by atoms with Crippen LogP contribution in [0.25, 0.3) is 0 Å². The molecule has 0 amide bonds. The quantitative estimate of drug-likeness (QED) is 0.587. The van der Waals surface area contributed by atoms with Crippen LogP contribution in [0.2, 0.25) is 0 Å². The van der Waals surface area contributed by atoms with Gasteiger partial charge in [0.15, 0.2) is 0 Å². The van der Waals surface area contributed by atoms with Gasteiger partial charge in [0.1, 0.15) is 17.5 Å². The zero-order chi connectivity index (χ0) is 14.4. The number of benzene rings is 1. The highest BCUT2D eigenvalue weighted by Gasteiger charge is 2.25. The number of carbonyl (C=O) groups is 2. The summed E-state index contributed by atoms with van der Waals surface area (Å²) in [5.41, 5.74) is 0.894. The number of ether oxygens (including phenoxy) is 1. The van der Waals surface area contributed by atoms with E-state index in [1.165, 1.54) is 19.1 Å². The molecule has 0 heterocycles. The van der Waals surface area contributed by atoms with Crippen molar-refractivity contribution in [2.45, 2.75) is 39.7 Å². The summed E-state index contributed by atoms with van der Waals surface area (Å²) >= 11 is 0. The third-order valence-electron chi connectivity index (χ3n) is 2.76. The molecule has 0 aromatic heterocycles. The van der Waals surface area contributed by atoms with Crippen molar-refractivity contribution in [1.82, 2.24) is 0 Å². The van der Waals surface area contributed by atoms with E-state index in [1.807, 2.05) is 0 Å². The first-order chi connectivity index (χ1) is 8.90. The minimum atomic E-state index is -0.743. The Morgan fingerprint density at radius 2 is 1.79 bits per heavy atom. The molecule has 0 aliphatic rings. The van der Waals surface area contributed by atoms with Crippen LogP contribution in [-0.4, -0.2) is 17.9 Å². The number of hydrogen-bond acceptors (Lipinski definition) is 3. The summed E-state index contributed by atoms with van der Waals surface area (Å²) < 4.78 is 17.8. The molecule has 0 spiro atoms. The molecule has 1 aromatic carbocycles. The first-order valence-corrected chi connectivity index (χ1v) is 6.35. The average Bonchev–Trinajstić information content (AvgIpc) is 2.30. The van der Waals surface area contributed by atoms with Crippen LogP contribution in [0, 0.1) is 11.7 Å². The fourth-order valence-electron chi connectivity index (χ4n) is 1.76. The van der Waals surface area contributed by atoms with Crippen LogP contribution in [-0.2, 0) is 20.7 Å². The minimum Gasteiger partial charge on any atom is -0.462 e. The maximum atomic E-state index is 12.8. The molecule has 4 heteroatoms. The monoisotopic (exact) mass is 266 g/mol. The Kier molecular flexibility index (Phi) is 5.67. The first-order valence-electron chi connectivity index (χ1n) is 6.35. The van der Waals surface area contributed by atoms with E-state index in [4.69, 9.17) is 4.74 Å². The molecular weight excluding hydrogens is 247 g/mol. The number of carbonyl (C=O) groups excluding carboxylic acids is 2. The number of aryl methyl sites for hydroxylation is 1. The molecule has 1 aromatic rings. The molecule has 0 N–H and O–H groups in total. The van der Waals surface area contributed by atoms with E-state index in [1.54, 1.807) is 26.0 Å². The fraction of sp³-hybridized carbons (Fsp3) is 0.467. The molecule has 0 saturated carbocycles. The summed E-state index contributed by atoms with van der Waals surface area (Å²) in [4.78, 5) is 23.2. The van der Waals surface area contributed by atoms with Gasteiger partial charge in [-0.15, -0.1) is 0 Å². The van der Waals surface area contributed by atoms with Crippen LogP contribution in [0.15, 0.2) is 24.3 Å². The second kappa shape index (κ2) is 7.02. The molecule has 1 rings (SSSR count). The summed E-state index contributed by atoms with van der Waals surface area (Å²) in [5, 5.41) is 0. The summed E-state index contributed by atoms with van der Waals surface area (Å²) in [6.07, 6.45) is 0.685. The van der Waals surface area contributed by atoms with E-state index < -0.39 is 11.9 Å². The lowest BCUT2D eigenvalue weighted by molar-refractivity contribution is -0.155. The number of esters is 1. The van der Waals surface area contributed by atoms with Gasteiger partial charge in [-0.25, -0.2) is 4.39 Å². The predicted octanol–water partition coefficient (Wildman–Crippen LogP) is 2.92. The van der Waals surface area contributed by atoms with Gasteiger partial charge in [0.2, 0.25) is 0 Å². The summed E-state index contributed by atoms with van der Waals surface area (Å²) in [6.45, 7) is 4.88. The van der Waals surface area contributed by atoms with Crippen molar-refractivity contribution in [2.75, 3.05) is 0 Å². The van der Waals surface area contributed by atoms with Crippen molar-refractivity contribution in [3.8, 4) is 0 Å². The number of rotatable bonds is 6. The van der Waals surface area contributed by atoms with E-state index in [9.17, 15) is 14.0 Å². The van der Waals surface area contributed by atoms with E-state index >= 15 is 0 Å². The van der Waals surface area contributed by atoms with E-state index in [2.05, 4.69) is 0 Å². The molecule has 1 atom stereocenters. The smallest absolute Gasteiger partial charge is 0.316 e. The number of hydrogen-bond donors (Lipinski definition) is 0. The second-order valence-electron chi connectivity index (χ2n) is 4.81. The lowest BCUT2D eigenvalue weighted by atomic mass is 9.96. The molecule has 0 saturated heterocycles. The van der Waals surface area contributed by atoms with Gasteiger partial charge in [0.05, 0.1) is 6.10 Å². The molecule has 0 aliphatic carbocycles. The van der Waals surface area contributed by atoms with E-state index in [-0.39, 0.29) is 17.7 Å². The molecule has 1 unspecified atom stereocenters. The third-order valence-corrected chi connectivity index (χ3v) is 2.76. The summed E-state index contributed by atoms with van der Waals surface area (Å²) in [7, 11) is 0. The predicted molar refractivity (Wildman–Crippen MR) is 70.1 cm³/mol. The molecule has 19 heavy (non-hydrogen) atoms. The van der Waals surface area contributed by atoms with Crippen LogP contribution in [0.5, 0.6) is 0 Å². The molecule has 3 nitrogen and oxygen atoms in total. The van der Waals surface area contributed by atoms with Gasteiger partial charge in [-0.1, -0.05) is 12.1 Å². The summed E-state index contributed by atoms with van der Waals surface area (Å²) in [6, 6.07) is 6.04. The molecule has 104 valence electrons. The fourth-order valence-corrected chi connectivity index (χ4v) is 1.76. The van der Waals surface area contributed by atoms with Gasteiger partial charge in [0.25, 0.3) is 0 Å². The van der Waals surface area contributed by atoms with Crippen molar-refractivity contribution in [3.63, 3.8) is 0 Å². The number of halogens is 1. The highest BCUT2D eigenvalue weighted by atomic mass is 19.1. The highest BCUT2D eigenvalue weighted by Crippen LogP contribution is 2.14. The van der Waals surface area contributed by atoms with E-state index in [0.717, 1.165) is 5.56 Å². The maximum absolute atomic E-state index is 12.8. The molecule has 0 radical (unpaired) electrons. The van der Waals surface area contributed by atoms with Gasteiger partial charge < -0.3 is 4.74 Å². The van der Waals surface area contributed by atoms with Crippen LogP contribution in [0.1, 0.15) is 32.8 Å². The molecule has 0 fully saturated rings. The Labute approximate surface area is 112 Å². The Hall–Kier alpha value is -1.71. The molecule has 0 bridgehead atoms.